The topological polar surface area (TPSA) is 77.0 Å². The van der Waals surface area contributed by atoms with Crippen molar-refractivity contribution in [2.75, 3.05) is 0 Å². The molecule has 3 aromatic rings. The highest BCUT2D eigenvalue weighted by Gasteiger charge is 2.13. The summed E-state index contributed by atoms with van der Waals surface area (Å²) in [6.45, 7) is 0. The highest BCUT2D eigenvalue weighted by Crippen LogP contribution is 2.29. The van der Waals surface area contributed by atoms with Crippen LogP contribution in [0.4, 0.5) is 0 Å². The second kappa shape index (κ2) is 4.40. The highest BCUT2D eigenvalue weighted by atomic mass is 35.5. The highest BCUT2D eigenvalue weighted by molar-refractivity contribution is 6.32. The molecule has 0 bridgehead atoms. The van der Waals surface area contributed by atoms with Gasteiger partial charge in [-0.1, -0.05) is 16.8 Å². The molecule has 6 nitrogen and oxygen atoms in total. The lowest BCUT2D eigenvalue weighted by atomic mass is 10.2. The molecule has 0 aliphatic rings. The fourth-order valence-electron chi connectivity index (χ4n) is 1.62. The van der Waals surface area contributed by atoms with Crippen molar-refractivity contribution < 1.29 is 9.63 Å². The molecule has 2 aromatic heterocycles. The van der Waals surface area contributed by atoms with E-state index >= 15 is 0 Å². The summed E-state index contributed by atoms with van der Waals surface area (Å²) in [5.41, 5.74) is 1.26. The smallest absolute Gasteiger partial charge is 0.258 e. The van der Waals surface area contributed by atoms with Crippen molar-refractivity contribution in [3.05, 3.63) is 35.5 Å². The maximum absolute atomic E-state index is 9.37. The number of benzene rings is 1. The predicted octanol–water partition coefficient (Wildman–Crippen LogP) is 2.50. The zero-order valence-corrected chi connectivity index (χ0v) is 10.7. The molecule has 19 heavy (non-hydrogen) atoms. The van der Waals surface area contributed by atoms with Crippen molar-refractivity contribution in [3.8, 4) is 28.7 Å². The molecule has 0 aliphatic carbocycles. The summed E-state index contributed by atoms with van der Waals surface area (Å²) in [5, 5.41) is 17.6. The SMILES string of the molecule is Cn1ccc(-c2noc(-c3ccc(O)c(Cl)c3)n2)n1. The molecule has 96 valence electrons. The third-order valence-corrected chi connectivity index (χ3v) is 2.87. The predicted molar refractivity (Wildman–Crippen MR) is 68.6 cm³/mol. The fourth-order valence-corrected chi connectivity index (χ4v) is 1.80. The van der Waals surface area contributed by atoms with E-state index in [0.717, 1.165) is 0 Å². The molecule has 1 N–H and O–H groups in total. The Labute approximate surface area is 113 Å². The van der Waals surface area contributed by atoms with Crippen LogP contribution in [0.2, 0.25) is 5.02 Å². The zero-order chi connectivity index (χ0) is 13.4. The average molecular weight is 277 g/mol. The number of hydrogen-bond donors (Lipinski definition) is 1. The molecule has 0 amide bonds. The monoisotopic (exact) mass is 276 g/mol. The van der Waals surface area contributed by atoms with Crippen LogP contribution in [-0.4, -0.2) is 25.0 Å². The first-order valence-corrected chi connectivity index (χ1v) is 5.84. The minimum absolute atomic E-state index is 0.00915. The average Bonchev–Trinajstić information content (AvgIpc) is 3.01. The van der Waals surface area contributed by atoms with Gasteiger partial charge in [0.05, 0.1) is 5.02 Å². The number of aromatic hydroxyl groups is 1. The van der Waals surface area contributed by atoms with Crippen molar-refractivity contribution in [1.82, 2.24) is 19.9 Å². The standard InChI is InChI=1S/C12H9ClN4O2/c1-17-5-4-9(15-17)11-14-12(19-16-11)7-2-3-10(18)8(13)6-7/h2-6,18H,1H3. The van der Waals surface area contributed by atoms with Crippen LogP contribution in [0.5, 0.6) is 5.75 Å². The third-order valence-electron chi connectivity index (χ3n) is 2.56. The van der Waals surface area contributed by atoms with Crippen LogP contribution in [-0.2, 0) is 7.05 Å². The van der Waals surface area contributed by atoms with E-state index in [1.54, 1.807) is 29.1 Å². The first kappa shape index (κ1) is 11.7. The minimum Gasteiger partial charge on any atom is -0.506 e. The summed E-state index contributed by atoms with van der Waals surface area (Å²) in [5.74, 6) is 0.734. The quantitative estimate of drug-likeness (QED) is 0.778. The Kier molecular flexibility index (Phi) is 2.72. The van der Waals surface area contributed by atoms with Gasteiger partial charge in [0.1, 0.15) is 11.4 Å². The maximum Gasteiger partial charge on any atom is 0.258 e. The van der Waals surface area contributed by atoms with Gasteiger partial charge in [-0.15, -0.1) is 0 Å². The van der Waals surface area contributed by atoms with E-state index in [1.807, 2.05) is 7.05 Å². The molecule has 0 aliphatic heterocycles. The van der Waals surface area contributed by atoms with Gasteiger partial charge < -0.3 is 9.63 Å². The molecule has 2 heterocycles. The van der Waals surface area contributed by atoms with Crippen molar-refractivity contribution in [2.24, 2.45) is 7.05 Å². The van der Waals surface area contributed by atoms with Gasteiger partial charge in [0.15, 0.2) is 0 Å². The van der Waals surface area contributed by atoms with Crippen LogP contribution in [0.15, 0.2) is 35.0 Å². The van der Waals surface area contributed by atoms with Crippen molar-refractivity contribution in [3.63, 3.8) is 0 Å². The van der Waals surface area contributed by atoms with E-state index in [2.05, 4.69) is 15.2 Å². The Hall–Kier alpha value is -2.34. The summed E-state index contributed by atoms with van der Waals surface area (Å²) in [4.78, 5) is 4.24. The lowest BCUT2D eigenvalue weighted by Crippen LogP contribution is -1.88. The fraction of sp³-hybridized carbons (Fsp3) is 0.0833. The normalized spacial score (nSPS) is 10.8. The van der Waals surface area contributed by atoms with Crippen LogP contribution >= 0.6 is 11.6 Å². The van der Waals surface area contributed by atoms with Gasteiger partial charge in [0.2, 0.25) is 5.82 Å². The first-order valence-electron chi connectivity index (χ1n) is 5.46. The Morgan fingerprint density at radius 2 is 2.16 bits per heavy atom. The van der Waals surface area contributed by atoms with Crippen molar-refractivity contribution in [2.45, 2.75) is 0 Å². The lowest BCUT2D eigenvalue weighted by Gasteiger charge is -1.97. The summed E-state index contributed by atoms with van der Waals surface area (Å²) in [6.07, 6.45) is 1.79. The Bertz CT molecular complexity index is 735. The number of rotatable bonds is 2. The second-order valence-electron chi connectivity index (χ2n) is 3.96. The number of hydrogen-bond acceptors (Lipinski definition) is 5. The van der Waals surface area contributed by atoms with Crippen molar-refractivity contribution in [1.29, 1.82) is 0 Å². The van der Waals surface area contributed by atoms with Crippen LogP contribution in [0.3, 0.4) is 0 Å². The summed E-state index contributed by atoms with van der Waals surface area (Å²) < 4.78 is 6.81. The molecule has 0 unspecified atom stereocenters. The maximum atomic E-state index is 9.37. The van der Waals surface area contributed by atoms with Crippen LogP contribution in [0.1, 0.15) is 0 Å². The number of aryl methyl sites for hydroxylation is 1. The van der Waals surface area contributed by atoms with Crippen molar-refractivity contribution >= 4 is 11.6 Å². The molecule has 1 aromatic carbocycles. The third kappa shape index (κ3) is 2.17. The van der Waals surface area contributed by atoms with Gasteiger partial charge in [-0.3, -0.25) is 4.68 Å². The Morgan fingerprint density at radius 3 is 2.84 bits per heavy atom. The molecule has 0 atom stereocenters. The first-order chi connectivity index (χ1) is 9.13. The molecule has 0 radical (unpaired) electrons. The van der Waals surface area contributed by atoms with Gasteiger partial charge in [-0.2, -0.15) is 10.1 Å². The second-order valence-corrected chi connectivity index (χ2v) is 4.37. The lowest BCUT2D eigenvalue weighted by molar-refractivity contribution is 0.432. The Morgan fingerprint density at radius 1 is 1.32 bits per heavy atom. The summed E-state index contributed by atoms with van der Waals surface area (Å²) in [6, 6.07) is 6.48. The van der Waals surface area contributed by atoms with E-state index in [1.165, 1.54) is 6.07 Å². The summed E-state index contributed by atoms with van der Waals surface area (Å²) in [7, 11) is 1.81. The molecule has 0 fully saturated rings. The zero-order valence-electron chi connectivity index (χ0n) is 9.91. The number of aromatic nitrogens is 4. The van der Waals surface area contributed by atoms with E-state index in [4.69, 9.17) is 16.1 Å². The van der Waals surface area contributed by atoms with Crippen LogP contribution in [0, 0.1) is 0 Å². The number of halogens is 1. The molecule has 0 saturated carbocycles. The van der Waals surface area contributed by atoms with Gasteiger partial charge in [0.25, 0.3) is 5.89 Å². The molecule has 7 heteroatoms. The molecule has 0 saturated heterocycles. The van der Waals surface area contributed by atoms with Gasteiger partial charge >= 0.3 is 0 Å². The number of nitrogens with zero attached hydrogens (tertiary/aromatic N) is 4. The molecule has 3 rings (SSSR count). The van der Waals surface area contributed by atoms with E-state index in [9.17, 15) is 5.11 Å². The largest absolute Gasteiger partial charge is 0.506 e. The van der Waals surface area contributed by atoms with E-state index in [-0.39, 0.29) is 10.8 Å². The minimum atomic E-state index is 0.00915. The number of phenols is 1. The van der Waals surface area contributed by atoms with Gasteiger partial charge in [0, 0.05) is 18.8 Å². The van der Waals surface area contributed by atoms with Gasteiger partial charge in [-0.25, -0.2) is 0 Å². The van der Waals surface area contributed by atoms with Crippen LogP contribution in [0.25, 0.3) is 23.0 Å². The molecular formula is C12H9ClN4O2. The van der Waals surface area contributed by atoms with E-state index < -0.39 is 0 Å². The van der Waals surface area contributed by atoms with E-state index in [0.29, 0.717) is 23.0 Å². The summed E-state index contributed by atoms with van der Waals surface area (Å²) >= 11 is 5.84. The van der Waals surface area contributed by atoms with Crippen LogP contribution < -0.4 is 0 Å². The molecule has 0 spiro atoms. The van der Waals surface area contributed by atoms with Gasteiger partial charge in [-0.05, 0) is 24.3 Å². The Balaban J connectivity index is 1.98. The molecular weight excluding hydrogens is 268 g/mol. The number of phenolic OH excluding ortho intramolecular Hbond substituents is 1.